The molecule has 0 saturated carbocycles. The van der Waals surface area contributed by atoms with Crippen molar-refractivity contribution in [2.45, 2.75) is 32.0 Å². The monoisotopic (exact) mass is 322 g/mol. The highest BCUT2D eigenvalue weighted by atomic mass is 16.3. The second-order valence-corrected chi connectivity index (χ2v) is 7.16. The fraction of sp³-hybridized carbons (Fsp3) is 0.429. The molecule has 2 aromatic carbocycles. The minimum atomic E-state index is -0.277. The van der Waals surface area contributed by atoms with Gasteiger partial charge in [-0.3, -0.25) is 9.80 Å². The number of aliphatic hydroxyl groups is 1. The lowest BCUT2D eigenvalue weighted by Crippen LogP contribution is -2.43. The molecule has 2 aliphatic heterocycles. The molecule has 0 saturated heterocycles. The highest BCUT2D eigenvalue weighted by molar-refractivity contribution is 5.30. The summed E-state index contributed by atoms with van der Waals surface area (Å²) < 4.78 is 0. The summed E-state index contributed by atoms with van der Waals surface area (Å²) in [6.07, 6.45) is 1.92. The summed E-state index contributed by atoms with van der Waals surface area (Å²) in [4.78, 5) is 4.79. The number of β-amino-alcohol motifs (C(OH)–C–C–N with tert-alkyl or cyclic N) is 1. The van der Waals surface area contributed by atoms with Crippen LogP contribution in [-0.2, 0) is 25.9 Å². The van der Waals surface area contributed by atoms with Gasteiger partial charge in [0, 0.05) is 39.3 Å². The van der Waals surface area contributed by atoms with Gasteiger partial charge in [-0.05, 0) is 35.1 Å². The van der Waals surface area contributed by atoms with E-state index in [9.17, 15) is 5.11 Å². The molecule has 2 heterocycles. The molecular weight excluding hydrogens is 296 g/mol. The zero-order chi connectivity index (χ0) is 16.4. The average Bonchev–Trinajstić information content (AvgIpc) is 2.61. The van der Waals surface area contributed by atoms with Crippen molar-refractivity contribution in [1.82, 2.24) is 9.80 Å². The third kappa shape index (κ3) is 3.54. The van der Waals surface area contributed by atoms with Crippen LogP contribution >= 0.6 is 0 Å². The minimum Gasteiger partial charge on any atom is -0.390 e. The lowest BCUT2D eigenvalue weighted by Gasteiger charge is -2.34. The largest absolute Gasteiger partial charge is 0.390 e. The van der Waals surface area contributed by atoms with Gasteiger partial charge in [-0.15, -0.1) is 0 Å². The highest BCUT2D eigenvalue weighted by Gasteiger charge is 2.22. The van der Waals surface area contributed by atoms with Crippen LogP contribution in [0.4, 0.5) is 0 Å². The van der Waals surface area contributed by atoms with E-state index in [0.29, 0.717) is 0 Å². The number of rotatable bonds is 4. The normalized spacial score (nSPS) is 18.4. The van der Waals surface area contributed by atoms with Crippen LogP contribution < -0.4 is 0 Å². The summed E-state index contributed by atoms with van der Waals surface area (Å²) in [7, 11) is 0. The fourth-order valence-electron chi connectivity index (χ4n) is 4.07. The molecule has 0 amide bonds. The smallest absolute Gasteiger partial charge is 0.0794 e. The van der Waals surface area contributed by atoms with E-state index in [-0.39, 0.29) is 6.10 Å². The molecule has 0 aliphatic carbocycles. The van der Waals surface area contributed by atoms with Crippen LogP contribution in [0.25, 0.3) is 0 Å². The van der Waals surface area contributed by atoms with E-state index in [0.717, 1.165) is 52.1 Å². The summed E-state index contributed by atoms with van der Waals surface area (Å²) in [5.74, 6) is 0. The molecule has 0 bridgehead atoms. The van der Waals surface area contributed by atoms with Crippen LogP contribution in [0, 0.1) is 0 Å². The lowest BCUT2D eigenvalue weighted by atomic mass is 9.99. The SMILES string of the molecule is OC(CN1CCc2ccccc2C1)CN1CCc2ccccc2C1. The first-order chi connectivity index (χ1) is 11.8. The summed E-state index contributed by atoms with van der Waals surface area (Å²) in [6, 6.07) is 17.4. The Morgan fingerprint density at radius 1 is 0.708 bits per heavy atom. The first kappa shape index (κ1) is 15.8. The zero-order valence-electron chi connectivity index (χ0n) is 14.2. The second kappa shape index (κ2) is 7.06. The number of aliphatic hydroxyl groups excluding tert-OH is 1. The maximum Gasteiger partial charge on any atom is 0.0794 e. The van der Waals surface area contributed by atoms with Gasteiger partial charge in [0.2, 0.25) is 0 Å². The van der Waals surface area contributed by atoms with Crippen molar-refractivity contribution in [2.24, 2.45) is 0 Å². The topological polar surface area (TPSA) is 26.7 Å². The first-order valence-corrected chi connectivity index (χ1v) is 9.04. The second-order valence-electron chi connectivity index (χ2n) is 7.16. The van der Waals surface area contributed by atoms with Crippen LogP contribution in [0.5, 0.6) is 0 Å². The van der Waals surface area contributed by atoms with E-state index < -0.39 is 0 Å². The summed E-state index contributed by atoms with van der Waals surface area (Å²) in [6.45, 7) is 5.58. The molecule has 0 unspecified atom stereocenters. The first-order valence-electron chi connectivity index (χ1n) is 9.04. The predicted octanol–water partition coefficient (Wildman–Crippen LogP) is 2.46. The van der Waals surface area contributed by atoms with Gasteiger partial charge in [0.05, 0.1) is 6.10 Å². The maximum absolute atomic E-state index is 10.6. The van der Waals surface area contributed by atoms with Gasteiger partial charge in [-0.1, -0.05) is 48.5 Å². The van der Waals surface area contributed by atoms with Crippen molar-refractivity contribution >= 4 is 0 Å². The number of fused-ring (bicyclic) bond motifs is 2. The molecule has 2 aliphatic rings. The molecule has 0 atom stereocenters. The van der Waals surface area contributed by atoms with Gasteiger partial charge in [0.1, 0.15) is 0 Å². The van der Waals surface area contributed by atoms with Gasteiger partial charge < -0.3 is 5.11 Å². The Morgan fingerprint density at radius 2 is 1.12 bits per heavy atom. The molecule has 126 valence electrons. The predicted molar refractivity (Wildman–Crippen MR) is 96.9 cm³/mol. The third-order valence-electron chi connectivity index (χ3n) is 5.36. The van der Waals surface area contributed by atoms with Gasteiger partial charge in [0.15, 0.2) is 0 Å². The Balaban J connectivity index is 1.31. The van der Waals surface area contributed by atoms with Gasteiger partial charge in [-0.25, -0.2) is 0 Å². The van der Waals surface area contributed by atoms with Crippen LogP contribution in [0.2, 0.25) is 0 Å². The molecule has 0 spiro atoms. The Bertz CT molecular complexity index is 640. The molecule has 0 fully saturated rings. The van der Waals surface area contributed by atoms with E-state index in [1.165, 1.54) is 22.3 Å². The van der Waals surface area contributed by atoms with Gasteiger partial charge in [-0.2, -0.15) is 0 Å². The Labute approximate surface area is 144 Å². The molecule has 3 heteroatoms. The van der Waals surface area contributed by atoms with Crippen LogP contribution in [0.1, 0.15) is 22.3 Å². The number of nitrogens with zero attached hydrogens (tertiary/aromatic N) is 2. The lowest BCUT2D eigenvalue weighted by molar-refractivity contribution is 0.0648. The Hall–Kier alpha value is -1.68. The highest BCUT2D eigenvalue weighted by Crippen LogP contribution is 2.20. The Morgan fingerprint density at radius 3 is 1.58 bits per heavy atom. The number of benzene rings is 2. The standard InChI is InChI=1S/C21H26N2O/c24-21(15-22-11-9-17-5-1-3-7-19(17)13-22)16-23-12-10-18-6-2-4-8-20(18)14-23/h1-8,21,24H,9-16H2. The van der Waals surface area contributed by atoms with Crippen LogP contribution in [0.15, 0.2) is 48.5 Å². The molecule has 2 aromatic rings. The zero-order valence-corrected chi connectivity index (χ0v) is 14.2. The van der Waals surface area contributed by atoms with Crippen molar-refractivity contribution < 1.29 is 5.11 Å². The van der Waals surface area contributed by atoms with E-state index in [2.05, 4.69) is 58.3 Å². The average molecular weight is 322 g/mol. The Kier molecular flexibility index (Phi) is 4.65. The molecule has 0 radical (unpaired) electrons. The van der Waals surface area contributed by atoms with Crippen molar-refractivity contribution in [1.29, 1.82) is 0 Å². The van der Waals surface area contributed by atoms with Crippen LogP contribution in [0.3, 0.4) is 0 Å². The number of hydrogen-bond donors (Lipinski definition) is 1. The van der Waals surface area contributed by atoms with Gasteiger partial charge in [0.25, 0.3) is 0 Å². The van der Waals surface area contributed by atoms with Crippen LogP contribution in [-0.4, -0.2) is 47.2 Å². The molecule has 3 nitrogen and oxygen atoms in total. The molecule has 24 heavy (non-hydrogen) atoms. The van der Waals surface area contributed by atoms with Crippen molar-refractivity contribution in [3.8, 4) is 0 Å². The van der Waals surface area contributed by atoms with Gasteiger partial charge >= 0.3 is 0 Å². The minimum absolute atomic E-state index is 0.277. The van der Waals surface area contributed by atoms with Crippen molar-refractivity contribution in [3.63, 3.8) is 0 Å². The molecule has 0 aromatic heterocycles. The van der Waals surface area contributed by atoms with E-state index in [1.807, 2.05) is 0 Å². The van der Waals surface area contributed by atoms with Crippen molar-refractivity contribution in [3.05, 3.63) is 70.8 Å². The molecular formula is C21H26N2O. The maximum atomic E-state index is 10.6. The number of hydrogen-bond acceptors (Lipinski definition) is 3. The molecule has 1 N–H and O–H groups in total. The van der Waals surface area contributed by atoms with E-state index in [1.54, 1.807) is 0 Å². The summed E-state index contributed by atoms with van der Waals surface area (Å²) in [5.41, 5.74) is 5.78. The summed E-state index contributed by atoms with van der Waals surface area (Å²) in [5, 5.41) is 10.6. The van der Waals surface area contributed by atoms with Crippen molar-refractivity contribution in [2.75, 3.05) is 26.2 Å². The quantitative estimate of drug-likeness (QED) is 0.937. The fourth-order valence-corrected chi connectivity index (χ4v) is 4.07. The van der Waals surface area contributed by atoms with E-state index >= 15 is 0 Å². The third-order valence-corrected chi connectivity index (χ3v) is 5.36. The summed E-state index contributed by atoms with van der Waals surface area (Å²) >= 11 is 0. The molecule has 4 rings (SSSR count). The van der Waals surface area contributed by atoms with E-state index in [4.69, 9.17) is 0 Å².